The van der Waals surface area contributed by atoms with Crippen LogP contribution in [0.2, 0.25) is 0 Å². The van der Waals surface area contributed by atoms with Gasteiger partial charge in [-0.1, -0.05) is 42.0 Å². The molecule has 0 radical (unpaired) electrons. The Morgan fingerprint density at radius 3 is 2.26 bits per heavy atom. The van der Waals surface area contributed by atoms with Gasteiger partial charge in [-0.05, 0) is 55.3 Å². The van der Waals surface area contributed by atoms with Gasteiger partial charge in [0.15, 0.2) is 0 Å². The fourth-order valence-corrected chi connectivity index (χ4v) is 4.36. The first kappa shape index (κ1) is 22.4. The zero-order valence-electron chi connectivity index (χ0n) is 17.8. The number of rotatable bonds is 8. The van der Waals surface area contributed by atoms with Crippen LogP contribution in [-0.2, 0) is 16.4 Å². The number of hydrogen-bond acceptors (Lipinski definition) is 4. The fraction of sp³-hybridized carbons (Fsp3) is 0.208. The van der Waals surface area contributed by atoms with Crippen LogP contribution in [-0.4, -0.2) is 35.0 Å². The number of benzene rings is 3. The predicted octanol–water partition coefficient (Wildman–Crippen LogP) is 3.80. The standard InChI is InChI=1S/C24H26N2O4S/c1-18-8-14-21(15-9-18)31(28,29)26(2)23-7-5-4-6-22(23)24(27)25-17-16-19-10-12-20(30-3)13-11-19/h4-15H,16-17H2,1-3H3,(H,25,27). The average Bonchev–Trinajstić information content (AvgIpc) is 2.79. The van der Waals surface area contributed by atoms with Gasteiger partial charge in [0.05, 0.1) is 23.3 Å². The molecule has 0 bridgehead atoms. The number of ether oxygens (including phenoxy) is 1. The van der Waals surface area contributed by atoms with E-state index in [0.717, 1.165) is 21.2 Å². The molecular weight excluding hydrogens is 412 g/mol. The molecule has 0 spiro atoms. The molecule has 3 aromatic rings. The van der Waals surface area contributed by atoms with Crippen molar-refractivity contribution in [2.24, 2.45) is 0 Å². The molecule has 0 aliphatic heterocycles. The summed E-state index contributed by atoms with van der Waals surface area (Å²) in [5, 5.41) is 2.88. The molecule has 7 heteroatoms. The third kappa shape index (κ3) is 5.24. The number of sulfonamides is 1. The van der Waals surface area contributed by atoms with Crippen molar-refractivity contribution in [3.05, 3.63) is 89.5 Å². The maximum atomic E-state index is 13.1. The van der Waals surface area contributed by atoms with Crippen LogP contribution in [0.15, 0.2) is 77.7 Å². The van der Waals surface area contributed by atoms with Crippen molar-refractivity contribution >= 4 is 21.6 Å². The second-order valence-corrected chi connectivity index (χ2v) is 9.13. The molecule has 1 N–H and O–H groups in total. The number of carbonyl (C=O) groups excluding carboxylic acids is 1. The van der Waals surface area contributed by atoms with E-state index in [9.17, 15) is 13.2 Å². The zero-order chi connectivity index (χ0) is 22.4. The van der Waals surface area contributed by atoms with Crippen LogP contribution < -0.4 is 14.4 Å². The third-order valence-corrected chi connectivity index (χ3v) is 6.81. The molecule has 0 aliphatic carbocycles. The van der Waals surface area contributed by atoms with Crippen LogP contribution in [0.25, 0.3) is 0 Å². The molecule has 3 aromatic carbocycles. The maximum Gasteiger partial charge on any atom is 0.264 e. The van der Waals surface area contributed by atoms with Gasteiger partial charge in [-0.2, -0.15) is 0 Å². The molecular formula is C24H26N2O4S. The van der Waals surface area contributed by atoms with Crippen molar-refractivity contribution in [2.75, 3.05) is 25.0 Å². The number of para-hydroxylation sites is 1. The van der Waals surface area contributed by atoms with Crippen molar-refractivity contribution in [3.63, 3.8) is 0 Å². The minimum absolute atomic E-state index is 0.176. The number of carbonyl (C=O) groups is 1. The van der Waals surface area contributed by atoms with E-state index >= 15 is 0 Å². The highest BCUT2D eigenvalue weighted by molar-refractivity contribution is 7.92. The van der Waals surface area contributed by atoms with E-state index in [0.29, 0.717) is 24.2 Å². The lowest BCUT2D eigenvalue weighted by Gasteiger charge is -2.22. The maximum absolute atomic E-state index is 13.1. The largest absolute Gasteiger partial charge is 0.497 e. The molecule has 0 fully saturated rings. The Bertz CT molecular complexity index is 1140. The fourth-order valence-electron chi connectivity index (χ4n) is 3.15. The van der Waals surface area contributed by atoms with E-state index in [1.165, 1.54) is 7.05 Å². The topological polar surface area (TPSA) is 75.7 Å². The van der Waals surface area contributed by atoms with E-state index in [2.05, 4.69) is 5.32 Å². The van der Waals surface area contributed by atoms with Crippen LogP contribution in [0.1, 0.15) is 21.5 Å². The SMILES string of the molecule is COc1ccc(CCNC(=O)c2ccccc2N(C)S(=O)(=O)c2ccc(C)cc2)cc1. The number of methoxy groups -OCH3 is 1. The molecule has 31 heavy (non-hydrogen) atoms. The van der Waals surface area contributed by atoms with Gasteiger partial charge >= 0.3 is 0 Å². The van der Waals surface area contributed by atoms with E-state index in [1.807, 2.05) is 31.2 Å². The van der Waals surface area contributed by atoms with Crippen LogP contribution in [0.3, 0.4) is 0 Å². The van der Waals surface area contributed by atoms with Crippen LogP contribution in [0, 0.1) is 6.92 Å². The van der Waals surface area contributed by atoms with Gasteiger partial charge in [0.25, 0.3) is 15.9 Å². The number of nitrogens with zero attached hydrogens (tertiary/aromatic N) is 1. The van der Waals surface area contributed by atoms with Crippen LogP contribution in [0.5, 0.6) is 5.75 Å². The molecule has 0 heterocycles. The minimum atomic E-state index is -3.79. The monoisotopic (exact) mass is 438 g/mol. The van der Waals surface area contributed by atoms with Crippen molar-refractivity contribution in [1.82, 2.24) is 5.32 Å². The molecule has 0 aromatic heterocycles. The summed E-state index contributed by atoms with van der Waals surface area (Å²) in [6.07, 6.45) is 0.648. The van der Waals surface area contributed by atoms with E-state index in [4.69, 9.17) is 4.74 Å². The molecule has 6 nitrogen and oxygen atoms in total. The summed E-state index contributed by atoms with van der Waals surface area (Å²) >= 11 is 0. The highest BCUT2D eigenvalue weighted by Crippen LogP contribution is 2.26. The van der Waals surface area contributed by atoms with Gasteiger partial charge in [0.1, 0.15) is 5.75 Å². The lowest BCUT2D eigenvalue weighted by atomic mass is 10.1. The third-order valence-electron chi connectivity index (χ3n) is 5.03. The molecule has 1 amide bonds. The summed E-state index contributed by atoms with van der Waals surface area (Å²) in [6, 6.07) is 21.0. The van der Waals surface area contributed by atoms with E-state index in [1.54, 1.807) is 55.6 Å². The number of anilines is 1. The van der Waals surface area contributed by atoms with Gasteiger partial charge in [0, 0.05) is 13.6 Å². The minimum Gasteiger partial charge on any atom is -0.497 e. The summed E-state index contributed by atoms with van der Waals surface area (Å²) in [5.41, 5.74) is 2.66. The van der Waals surface area contributed by atoms with Crippen molar-refractivity contribution in [2.45, 2.75) is 18.2 Å². The Labute approximate surface area is 183 Å². The van der Waals surface area contributed by atoms with Gasteiger partial charge in [-0.25, -0.2) is 8.42 Å². The Hall–Kier alpha value is -3.32. The predicted molar refractivity (Wildman–Crippen MR) is 122 cm³/mol. The van der Waals surface area contributed by atoms with Gasteiger partial charge in [0.2, 0.25) is 0 Å². The molecule has 3 rings (SSSR count). The Kier molecular flexibility index (Phi) is 6.97. The zero-order valence-corrected chi connectivity index (χ0v) is 18.6. The molecule has 0 aliphatic rings. The highest BCUT2D eigenvalue weighted by Gasteiger charge is 2.24. The van der Waals surface area contributed by atoms with Gasteiger partial charge in [-0.15, -0.1) is 0 Å². The normalized spacial score (nSPS) is 11.1. The second-order valence-electron chi connectivity index (χ2n) is 7.16. The second kappa shape index (κ2) is 9.66. The van der Waals surface area contributed by atoms with Crippen LogP contribution >= 0.6 is 0 Å². The first-order valence-corrected chi connectivity index (χ1v) is 11.3. The summed E-state index contributed by atoms with van der Waals surface area (Å²) in [5.74, 6) is 0.453. The molecule has 0 saturated heterocycles. The van der Waals surface area contributed by atoms with E-state index in [-0.39, 0.29) is 10.8 Å². The lowest BCUT2D eigenvalue weighted by molar-refractivity contribution is 0.0955. The van der Waals surface area contributed by atoms with Crippen LogP contribution in [0.4, 0.5) is 5.69 Å². The summed E-state index contributed by atoms with van der Waals surface area (Å²) < 4.78 is 32.4. The molecule has 0 unspecified atom stereocenters. The Morgan fingerprint density at radius 2 is 1.61 bits per heavy atom. The van der Waals surface area contributed by atoms with Crippen molar-refractivity contribution in [1.29, 1.82) is 0 Å². The Balaban J connectivity index is 1.74. The molecule has 0 atom stereocenters. The van der Waals surface area contributed by atoms with Crippen molar-refractivity contribution < 1.29 is 17.9 Å². The van der Waals surface area contributed by atoms with E-state index < -0.39 is 10.0 Å². The highest BCUT2D eigenvalue weighted by atomic mass is 32.2. The lowest BCUT2D eigenvalue weighted by Crippen LogP contribution is -2.31. The molecule has 162 valence electrons. The number of amides is 1. The summed E-state index contributed by atoms with van der Waals surface area (Å²) in [7, 11) is -0.723. The summed E-state index contributed by atoms with van der Waals surface area (Å²) in [6.45, 7) is 2.32. The summed E-state index contributed by atoms with van der Waals surface area (Å²) in [4.78, 5) is 13.0. The van der Waals surface area contributed by atoms with Gasteiger partial charge < -0.3 is 10.1 Å². The molecule has 0 saturated carbocycles. The quantitative estimate of drug-likeness (QED) is 0.580. The number of hydrogen-bond donors (Lipinski definition) is 1. The van der Waals surface area contributed by atoms with Crippen molar-refractivity contribution in [3.8, 4) is 5.75 Å². The van der Waals surface area contributed by atoms with Gasteiger partial charge in [-0.3, -0.25) is 9.10 Å². The first-order valence-electron chi connectivity index (χ1n) is 9.88. The first-order chi connectivity index (χ1) is 14.8. The Morgan fingerprint density at radius 1 is 0.968 bits per heavy atom. The number of aryl methyl sites for hydroxylation is 1. The average molecular weight is 439 g/mol. The number of nitrogens with one attached hydrogen (secondary N) is 1. The smallest absolute Gasteiger partial charge is 0.264 e.